The minimum Gasteiger partial charge on any atom is -0.396 e. The van der Waals surface area contributed by atoms with E-state index in [0.29, 0.717) is 18.1 Å². The van der Waals surface area contributed by atoms with Crippen LogP contribution >= 0.6 is 11.8 Å². The van der Waals surface area contributed by atoms with E-state index in [1.807, 2.05) is 11.8 Å². The van der Waals surface area contributed by atoms with Crippen molar-refractivity contribution in [3.05, 3.63) is 11.7 Å². The van der Waals surface area contributed by atoms with Gasteiger partial charge in [0.1, 0.15) is 0 Å². The molecule has 0 radical (unpaired) electrons. The van der Waals surface area contributed by atoms with E-state index in [1.54, 1.807) is 0 Å². The van der Waals surface area contributed by atoms with Gasteiger partial charge in [0.25, 0.3) is 0 Å². The zero-order valence-electron chi connectivity index (χ0n) is 9.87. The van der Waals surface area contributed by atoms with Gasteiger partial charge in [-0.25, -0.2) is 0 Å². The van der Waals surface area contributed by atoms with Crippen molar-refractivity contribution >= 4 is 11.8 Å². The van der Waals surface area contributed by atoms with E-state index in [4.69, 9.17) is 15.4 Å². The van der Waals surface area contributed by atoms with Crippen LogP contribution in [0, 0.1) is 0 Å². The molecular formula is C10H18N4O2S. The minimum absolute atomic E-state index is 0.0259. The molecule has 1 saturated heterocycles. The summed E-state index contributed by atoms with van der Waals surface area (Å²) in [7, 11) is 2.06. The molecular weight excluding hydrogens is 240 g/mol. The maximum atomic E-state index is 8.81. The Balaban J connectivity index is 2.06. The Morgan fingerprint density at radius 2 is 2.53 bits per heavy atom. The van der Waals surface area contributed by atoms with Crippen molar-refractivity contribution in [1.82, 2.24) is 15.0 Å². The maximum absolute atomic E-state index is 8.81. The maximum Gasteiger partial charge on any atom is 0.243 e. The van der Waals surface area contributed by atoms with Crippen molar-refractivity contribution in [2.24, 2.45) is 5.73 Å². The first-order valence-electron chi connectivity index (χ1n) is 5.70. The molecule has 2 heterocycles. The summed E-state index contributed by atoms with van der Waals surface area (Å²) >= 11 is 1.89. The van der Waals surface area contributed by atoms with Crippen LogP contribution in [0.15, 0.2) is 4.52 Å². The van der Waals surface area contributed by atoms with E-state index in [1.165, 1.54) is 0 Å². The Morgan fingerprint density at radius 3 is 3.24 bits per heavy atom. The van der Waals surface area contributed by atoms with Crippen LogP contribution in [0.25, 0.3) is 0 Å². The van der Waals surface area contributed by atoms with Crippen molar-refractivity contribution in [2.75, 3.05) is 31.7 Å². The molecule has 0 spiro atoms. The molecule has 96 valence electrons. The van der Waals surface area contributed by atoms with Gasteiger partial charge >= 0.3 is 0 Å². The molecule has 0 aromatic carbocycles. The Labute approximate surface area is 105 Å². The van der Waals surface area contributed by atoms with Crippen LogP contribution in [0.1, 0.15) is 30.2 Å². The number of hydrogen-bond donors (Lipinski definition) is 2. The molecule has 1 fully saturated rings. The predicted molar refractivity (Wildman–Crippen MR) is 65.6 cm³/mol. The highest BCUT2D eigenvalue weighted by atomic mass is 32.2. The second-order valence-corrected chi connectivity index (χ2v) is 5.33. The van der Waals surface area contributed by atoms with Gasteiger partial charge in [0.2, 0.25) is 5.89 Å². The highest BCUT2D eigenvalue weighted by Gasteiger charge is 2.26. The van der Waals surface area contributed by atoms with E-state index in [0.717, 1.165) is 18.1 Å². The van der Waals surface area contributed by atoms with Crippen molar-refractivity contribution in [1.29, 1.82) is 0 Å². The second-order valence-electron chi connectivity index (χ2n) is 4.18. The summed E-state index contributed by atoms with van der Waals surface area (Å²) in [6.45, 7) is 1.06. The van der Waals surface area contributed by atoms with Gasteiger partial charge in [-0.2, -0.15) is 16.7 Å². The van der Waals surface area contributed by atoms with E-state index in [9.17, 15) is 0 Å². The summed E-state index contributed by atoms with van der Waals surface area (Å²) < 4.78 is 5.15. The summed E-state index contributed by atoms with van der Waals surface area (Å²) in [5.74, 6) is 3.23. The first-order chi connectivity index (χ1) is 8.22. The van der Waals surface area contributed by atoms with Gasteiger partial charge in [0.05, 0.1) is 12.1 Å². The third kappa shape index (κ3) is 2.98. The number of hydrogen-bond acceptors (Lipinski definition) is 7. The fourth-order valence-corrected chi connectivity index (χ4v) is 2.96. The first kappa shape index (κ1) is 12.8. The Morgan fingerprint density at radius 1 is 1.71 bits per heavy atom. The number of rotatable bonds is 4. The van der Waals surface area contributed by atoms with Crippen LogP contribution < -0.4 is 5.73 Å². The number of aromatic nitrogens is 2. The van der Waals surface area contributed by atoms with Crippen LogP contribution in [0.2, 0.25) is 0 Å². The van der Waals surface area contributed by atoms with Crippen molar-refractivity contribution in [3.8, 4) is 0 Å². The first-order valence-corrected chi connectivity index (χ1v) is 6.85. The molecule has 3 N–H and O–H groups in total. The molecule has 17 heavy (non-hydrogen) atoms. The third-order valence-corrected chi connectivity index (χ3v) is 3.93. The summed E-state index contributed by atoms with van der Waals surface area (Å²) in [6, 6.07) is -0.171. The molecule has 1 aromatic rings. The Kier molecular flexibility index (Phi) is 4.38. The van der Waals surface area contributed by atoms with Gasteiger partial charge in [-0.15, -0.1) is 0 Å². The summed E-state index contributed by atoms with van der Waals surface area (Å²) in [5.41, 5.74) is 5.81. The van der Waals surface area contributed by atoms with Gasteiger partial charge < -0.3 is 15.4 Å². The SMILES string of the molecule is CN1CCSCC1c1noc(C(N)CCO)n1. The molecule has 2 atom stereocenters. The van der Waals surface area contributed by atoms with E-state index >= 15 is 0 Å². The lowest BCUT2D eigenvalue weighted by Crippen LogP contribution is -2.33. The van der Waals surface area contributed by atoms with Crippen molar-refractivity contribution in [2.45, 2.75) is 18.5 Å². The molecule has 0 aliphatic carbocycles. The number of aliphatic hydroxyl groups excluding tert-OH is 1. The highest BCUT2D eigenvalue weighted by Crippen LogP contribution is 2.26. The van der Waals surface area contributed by atoms with Crippen LogP contribution in [0.4, 0.5) is 0 Å². The van der Waals surface area contributed by atoms with Gasteiger partial charge in [-0.1, -0.05) is 5.16 Å². The average molecular weight is 258 g/mol. The normalized spacial score (nSPS) is 23.8. The van der Waals surface area contributed by atoms with Crippen LogP contribution in [0.3, 0.4) is 0 Å². The number of nitrogens with zero attached hydrogens (tertiary/aromatic N) is 3. The van der Waals surface area contributed by atoms with Gasteiger partial charge in [0.15, 0.2) is 5.82 Å². The summed E-state index contributed by atoms with van der Waals surface area (Å²) in [4.78, 5) is 6.56. The zero-order valence-corrected chi connectivity index (χ0v) is 10.7. The Bertz CT molecular complexity index is 360. The summed E-state index contributed by atoms with van der Waals surface area (Å²) in [6.07, 6.45) is 0.441. The number of nitrogens with two attached hydrogens (primary N) is 1. The quantitative estimate of drug-likeness (QED) is 0.796. The largest absolute Gasteiger partial charge is 0.396 e. The minimum atomic E-state index is -0.372. The van der Waals surface area contributed by atoms with E-state index in [2.05, 4.69) is 22.1 Å². The van der Waals surface area contributed by atoms with Crippen molar-refractivity contribution in [3.63, 3.8) is 0 Å². The van der Waals surface area contributed by atoms with Gasteiger partial charge in [-0.3, -0.25) is 4.90 Å². The standard InChI is InChI=1S/C10H18N4O2S/c1-14-3-5-17-6-8(14)9-12-10(16-13-9)7(11)2-4-15/h7-8,15H,2-6,11H2,1H3. The number of thioether (sulfide) groups is 1. The molecule has 0 amide bonds. The lowest BCUT2D eigenvalue weighted by atomic mass is 10.2. The topological polar surface area (TPSA) is 88.4 Å². The molecule has 1 aromatic heterocycles. The van der Waals surface area contributed by atoms with Crippen molar-refractivity contribution < 1.29 is 9.63 Å². The molecule has 0 saturated carbocycles. The fraction of sp³-hybridized carbons (Fsp3) is 0.800. The smallest absolute Gasteiger partial charge is 0.243 e. The molecule has 2 rings (SSSR count). The highest BCUT2D eigenvalue weighted by molar-refractivity contribution is 7.99. The zero-order chi connectivity index (χ0) is 12.3. The molecule has 1 aliphatic heterocycles. The monoisotopic (exact) mass is 258 g/mol. The second kappa shape index (κ2) is 5.81. The van der Waals surface area contributed by atoms with Crippen LogP contribution in [-0.4, -0.2) is 51.9 Å². The molecule has 0 bridgehead atoms. The fourth-order valence-electron chi connectivity index (χ4n) is 1.75. The molecule has 2 unspecified atom stereocenters. The van der Waals surface area contributed by atoms with Gasteiger partial charge in [0, 0.05) is 24.7 Å². The van der Waals surface area contributed by atoms with E-state index in [-0.39, 0.29) is 18.7 Å². The average Bonchev–Trinajstić information content (AvgIpc) is 2.79. The predicted octanol–water partition coefficient (Wildman–Crippen LogP) is 0.171. The number of aliphatic hydroxyl groups is 1. The Hall–Kier alpha value is -0.630. The van der Waals surface area contributed by atoms with Gasteiger partial charge in [-0.05, 0) is 13.5 Å². The van der Waals surface area contributed by atoms with Crippen LogP contribution in [-0.2, 0) is 0 Å². The third-order valence-electron chi connectivity index (χ3n) is 2.91. The summed E-state index contributed by atoms with van der Waals surface area (Å²) in [5, 5.41) is 12.8. The lowest BCUT2D eigenvalue weighted by Gasteiger charge is -2.29. The van der Waals surface area contributed by atoms with E-state index < -0.39 is 0 Å². The molecule has 1 aliphatic rings. The molecule has 7 heteroatoms. The lowest BCUT2D eigenvalue weighted by molar-refractivity contribution is 0.250. The van der Waals surface area contributed by atoms with Crippen LogP contribution in [0.5, 0.6) is 0 Å². The molecule has 6 nitrogen and oxygen atoms in total.